The average molecular weight is 128 g/mol. The molecule has 0 radical (unpaired) electrons. The molecule has 9 heavy (non-hydrogen) atoms. The first-order chi connectivity index (χ1) is 4.35. The summed E-state index contributed by atoms with van der Waals surface area (Å²) in [4.78, 5) is 13.2. The molecule has 4 nitrogen and oxygen atoms in total. The van der Waals surface area contributed by atoms with Crippen LogP contribution < -0.4 is 5.73 Å². The van der Waals surface area contributed by atoms with Crippen LogP contribution in [0.5, 0.6) is 0 Å². The summed E-state index contributed by atoms with van der Waals surface area (Å²) >= 11 is 0. The number of rotatable bonds is 3. The van der Waals surface area contributed by atoms with E-state index in [9.17, 15) is 4.79 Å². The first kappa shape index (κ1) is 7.68. The van der Waals surface area contributed by atoms with Crippen LogP contribution in [0.2, 0.25) is 0 Å². The van der Waals surface area contributed by atoms with Gasteiger partial charge in [0.2, 0.25) is 0 Å². The molecular weight excluding hydrogens is 120 g/mol. The third kappa shape index (κ3) is 3.28. The molecule has 4 heteroatoms. The average Bonchev–Trinajstić information content (AvgIpc) is 1.88. The molecule has 0 unspecified atom stereocenters. The highest BCUT2D eigenvalue weighted by Crippen LogP contribution is 1.85. The maximum atomic E-state index is 9.67. The quantitative estimate of drug-likeness (QED) is 0.321. The number of hydrogen-bond acceptors (Lipinski definition) is 4. The van der Waals surface area contributed by atoms with Crippen molar-refractivity contribution >= 4 is 12.7 Å². The van der Waals surface area contributed by atoms with Gasteiger partial charge in [0.05, 0.1) is 6.21 Å². The van der Waals surface area contributed by atoms with Crippen LogP contribution in [-0.2, 0) is 9.53 Å². The first-order valence-corrected chi connectivity index (χ1v) is 2.29. The van der Waals surface area contributed by atoms with E-state index in [2.05, 4.69) is 9.73 Å². The maximum absolute atomic E-state index is 9.67. The first-order valence-electron chi connectivity index (χ1n) is 2.29. The number of ether oxygens (including phenoxy) is 1. The van der Waals surface area contributed by atoms with Gasteiger partial charge in [-0.25, -0.2) is 0 Å². The molecule has 0 saturated carbocycles. The van der Waals surface area contributed by atoms with Crippen molar-refractivity contribution in [3.63, 3.8) is 0 Å². The fraction of sp³-hybridized carbons (Fsp3) is 0.200. The van der Waals surface area contributed by atoms with Crippen LogP contribution in [0.4, 0.5) is 0 Å². The lowest BCUT2D eigenvalue weighted by Crippen LogP contribution is -1.94. The monoisotopic (exact) mass is 128 g/mol. The van der Waals surface area contributed by atoms with E-state index < -0.39 is 0 Å². The Balaban J connectivity index is 3.84. The number of hydrogen-bond donors (Lipinski definition) is 1. The van der Waals surface area contributed by atoms with Crippen LogP contribution in [0.1, 0.15) is 0 Å². The highest BCUT2D eigenvalue weighted by atomic mass is 16.5. The molecule has 0 heterocycles. The summed E-state index contributed by atoms with van der Waals surface area (Å²) in [7, 11) is 1.55. The molecule has 0 saturated heterocycles. The number of nitrogens with two attached hydrogens (primary N) is 1. The summed E-state index contributed by atoms with van der Waals surface area (Å²) in [5.41, 5.74) is 5.01. The predicted octanol–water partition coefficient (Wildman–Crippen LogP) is -0.340. The van der Waals surface area contributed by atoms with Crippen molar-refractivity contribution in [1.29, 1.82) is 0 Å². The Kier molecular flexibility index (Phi) is 4.12. The van der Waals surface area contributed by atoms with Gasteiger partial charge in [-0.05, 0) is 0 Å². The van der Waals surface area contributed by atoms with Crippen LogP contribution in [0.25, 0.3) is 0 Å². The fourth-order valence-corrected chi connectivity index (χ4v) is 0.296. The van der Waals surface area contributed by atoms with E-state index in [1.807, 2.05) is 0 Å². The minimum Gasteiger partial charge on any atom is -0.426 e. The van der Waals surface area contributed by atoms with Gasteiger partial charge in [-0.1, -0.05) is 0 Å². The molecule has 0 atom stereocenters. The second-order valence-electron chi connectivity index (χ2n) is 1.17. The van der Waals surface area contributed by atoms with Gasteiger partial charge in [-0.15, -0.1) is 0 Å². The Morgan fingerprint density at radius 1 is 1.78 bits per heavy atom. The zero-order valence-corrected chi connectivity index (χ0v) is 5.07. The van der Waals surface area contributed by atoms with Gasteiger partial charge >= 0.3 is 0 Å². The SMILES string of the molecule is CN=C/C(=C\N)OC=O. The Morgan fingerprint density at radius 2 is 2.44 bits per heavy atom. The molecule has 50 valence electrons. The molecule has 0 fully saturated rings. The topological polar surface area (TPSA) is 64.7 Å². The van der Waals surface area contributed by atoms with Gasteiger partial charge in [-0.2, -0.15) is 0 Å². The van der Waals surface area contributed by atoms with E-state index in [0.717, 1.165) is 6.20 Å². The molecule has 0 aliphatic carbocycles. The van der Waals surface area contributed by atoms with Crippen molar-refractivity contribution in [2.45, 2.75) is 0 Å². The molecule has 0 aromatic carbocycles. The van der Waals surface area contributed by atoms with Gasteiger partial charge in [-0.3, -0.25) is 9.79 Å². The van der Waals surface area contributed by atoms with Crippen molar-refractivity contribution in [1.82, 2.24) is 0 Å². The molecule has 0 aliphatic rings. The largest absolute Gasteiger partial charge is 0.426 e. The van der Waals surface area contributed by atoms with Gasteiger partial charge in [0.25, 0.3) is 6.47 Å². The van der Waals surface area contributed by atoms with Gasteiger partial charge in [0, 0.05) is 13.2 Å². The number of allylic oxidation sites excluding steroid dienone is 1. The molecule has 0 aliphatic heterocycles. The molecule has 0 spiro atoms. The zero-order valence-electron chi connectivity index (χ0n) is 5.07. The molecule has 2 N–H and O–H groups in total. The number of carbonyl (C=O) groups is 1. The third-order valence-corrected chi connectivity index (χ3v) is 0.605. The van der Waals surface area contributed by atoms with Crippen molar-refractivity contribution in [3.8, 4) is 0 Å². The Morgan fingerprint density at radius 3 is 2.78 bits per heavy atom. The Bertz CT molecular complexity index is 140. The Hall–Kier alpha value is -1.32. The van der Waals surface area contributed by atoms with Crippen LogP contribution in [0.3, 0.4) is 0 Å². The highest BCUT2D eigenvalue weighted by Gasteiger charge is 1.86. The van der Waals surface area contributed by atoms with Crippen molar-refractivity contribution in [2.24, 2.45) is 10.7 Å². The van der Waals surface area contributed by atoms with E-state index in [1.165, 1.54) is 6.21 Å². The lowest BCUT2D eigenvalue weighted by atomic mass is 10.6. The zero-order chi connectivity index (χ0) is 7.11. The van der Waals surface area contributed by atoms with Crippen LogP contribution >= 0.6 is 0 Å². The van der Waals surface area contributed by atoms with Crippen LogP contribution in [-0.4, -0.2) is 19.7 Å². The second kappa shape index (κ2) is 4.83. The van der Waals surface area contributed by atoms with E-state index in [1.54, 1.807) is 7.05 Å². The summed E-state index contributed by atoms with van der Waals surface area (Å²) in [6, 6.07) is 0. The van der Waals surface area contributed by atoms with Crippen molar-refractivity contribution in [2.75, 3.05) is 7.05 Å². The standard InChI is InChI=1S/C5H8N2O2/c1-7-3-5(2-6)9-4-8/h2-4H,6H2,1H3/b5-2+,7-3?. The molecule has 0 aromatic rings. The molecular formula is C5H8N2O2. The van der Waals surface area contributed by atoms with E-state index >= 15 is 0 Å². The van der Waals surface area contributed by atoms with Crippen LogP contribution in [0, 0.1) is 0 Å². The third-order valence-electron chi connectivity index (χ3n) is 0.605. The summed E-state index contributed by atoms with van der Waals surface area (Å²) in [5.74, 6) is 0.243. The summed E-state index contributed by atoms with van der Waals surface area (Å²) < 4.78 is 4.34. The van der Waals surface area contributed by atoms with E-state index in [4.69, 9.17) is 5.73 Å². The summed E-state index contributed by atoms with van der Waals surface area (Å²) in [6.45, 7) is 0.292. The minimum absolute atomic E-state index is 0.243. The fourth-order valence-electron chi connectivity index (χ4n) is 0.296. The number of nitrogens with zero attached hydrogens (tertiary/aromatic N) is 1. The van der Waals surface area contributed by atoms with E-state index in [0.29, 0.717) is 6.47 Å². The lowest BCUT2D eigenvalue weighted by molar-refractivity contribution is -0.124. The van der Waals surface area contributed by atoms with Gasteiger partial charge in [0.1, 0.15) is 0 Å². The second-order valence-corrected chi connectivity index (χ2v) is 1.17. The molecule has 0 aromatic heterocycles. The highest BCUT2D eigenvalue weighted by molar-refractivity contribution is 5.77. The molecule has 0 bridgehead atoms. The smallest absolute Gasteiger partial charge is 0.298 e. The normalized spacial score (nSPS) is 11.9. The van der Waals surface area contributed by atoms with Crippen molar-refractivity contribution < 1.29 is 9.53 Å². The molecule has 0 rings (SSSR count). The molecule has 0 amide bonds. The van der Waals surface area contributed by atoms with Gasteiger partial charge < -0.3 is 10.5 Å². The maximum Gasteiger partial charge on any atom is 0.298 e. The van der Waals surface area contributed by atoms with Crippen molar-refractivity contribution in [3.05, 3.63) is 12.0 Å². The number of aliphatic imine (C=N–C) groups is 1. The number of carbonyl (C=O) groups excluding carboxylic acids is 1. The van der Waals surface area contributed by atoms with Crippen LogP contribution in [0.15, 0.2) is 17.0 Å². The predicted molar refractivity (Wildman–Crippen MR) is 33.8 cm³/mol. The Labute approximate surface area is 53.0 Å². The summed E-state index contributed by atoms with van der Waals surface area (Å²) in [6.07, 6.45) is 2.50. The lowest BCUT2D eigenvalue weighted by Gasteiger charge is -1.91. The summed E-state index contributed by atoms with van der Waals surface area (Å²) in [5, 5.41) is 0. The minimum atomic E-state index is 0.243. The van der Waals surface area contributed by atoms with E-state index in [-0.39, 0.29) is 5.76 Å². The van der Waals surface area contributed by atoms with Gasteiger partial charge in [0.15, 0.2) is 5.76 Å².